The van der Waals surface area contributed by atoms with Crippen molar-refractivity contribution in [1.29, 1.82) is 5.26 Å². The lowest BCUT2D eigenvalue weighted by Crippen LogP contribution is -2.44. The van der Waals surface area contributed by atoms with Gasteiger partial charge in [0.15, 0.2) is 6.23 Å². The largest absolute Gasteiger partial charge is 0.497 e. The second-order valence-electron chi connectivity index (χ2n) is 13.6. The zero-order valence-electron chi connectivity index (χ0n) is 32.7. The van der Waals surface area contributed by atoms with Gasteiger partial charge in [-0.3, -0.25) is 13.9 Å². The van der Waals surface area contributed by atoms with Gasteiger partial charge in [-0.05, 0) is 68.7 Å². The molecule has 13 nitrogen and oxygen atoms in total. The second kappa shape index (κ2) is 19.0. The van der Waals surface area contributed by atoms with Gasteiger partial charge in [0, 0.05) is 38.5 Å². The molecule has 5 atom stereocenters. The van der Waals surface area contributed by atoms with Crippen molar-refractivity contribution >= 4 is 8.53 Å². The minimum Gasteiger partial charge on any atom is -0.497 e. The maximum absolute atomic E-state index is 13.5. The molecule has 5 rings (SSSR count). The fourth-order valence-corrected chi connectivity index (χ4v) is 8.67. The van der Waals surface area contributed by atoms with Crippen LogP contribution in [0.3, 0.4) is 0 Å². The summed E-state index contributed by atoms with van der Waals surface area (Å²) in [6, 6.07) is 28.8. The molecule has 0 bridgehead atoms. The number of nitrogens with zero attached hydrogens (tertiary/aromatic N) is 4. The number of rotatable bonds is 18. The minimum absolute atomic E-state index is 0.0177. The summed E-state index contributed by atoms with van der Waals surface area (Å²) in [6.07, 6.45) is -1.93. The molecule has 14 heteroatoms. The van der Waals surface area contributed by atoms with Gasteiger partial charge in [0.25, 0.3) is 14.1 Å². The van der Waals surface area contributed by atoms with Gasteiger partial charge < -0.3 is 32.7 Å². The van der Waals surface area contributed by atoms with Gasteiger partial charge in [0.2, 0.25) is 0 Å². The van der Waals surface area contributed by atoms with E-state index in [1.165, 1.54) is 31.0 Å². The lowest BCUT2D eigenvalue weighted by molar-refractivity contribution is -0.0960. The van der Waals surface area contributed by atoms with Crippen LogP contribution in [0.15, 0.2) is 101 Å². The van der Waals surface area contributed by atoms with Crippen molar-refractivity contribution in [1.82, 2.24) is 13.8 Å². The first-order valence-corrected chi connectivity index (χ1v) is 19.3. The number of ether oxygens (including phenoxy) is 5. The molecule has 294 valence electrons. The standard InChI is InChI=1S/C41H51N4O9P/c1-28(2)45(29(3)4)55(52-26-12-24-42)54-37-35(53-39(38(37)50-8)44-25-23-36(46)43(5)40(44)47)27-51-41(30-13-10-9-11-14-30,31-15-19-33(48-6)20-16-31)32-17-21-34(49-7)22-18-32/h9-11,13-23,25,28-29,35,37-39H,12,26-27H2,1-8H3/t35-,37-,38-,39-,55?/m1/s1. The van der Waals surface area contributed by atoms with Gasteiger partial charge in [-0.2, -0.15) is 5.26 Å². The van der Waals surface area contributed by atoms with Crippen LogP contribution < -0.4 is 20.7 Å². The summed E-state index contributed by atoms with van der Waals surface area (Å²) in [4.78, 5) is 26.0. The third-order valence-electron chi connectivity index (χ3n) is 9.56. The number of methoxy groups -OCH3 is 3. The molecule has 1 saturated heterocycles. The van der Waals surface area contributed by atoms with E-state index >= 15 is 0 Å². The monoisotopic (exact) mass is 774 g/mol. The van der Waals surface area contributed by atoms with Crippen LogP contribution in [0.4, 0.5) is 0 Å². The van der Waals surface area contributed by atoms with Gasteiger partial charge in [-0.1, -0.05) is 54.6 Å². The van der Waals surface area contributed by atoms with Gasteiger partial charge in [-0.15, -0.1) is 0 Å². The van der Waals surface area contributed by atoms with E-state index in [1.54, 1.807) is 14.2 Å². The van der Waals surface area contributed by atoms with Crippen LogP contribution in [0.2, 0.25) is 0 Å². The van der Waals surface area contributed by atoms with E-state index in [2.05, 4.69) is 38.4 Å². The van der Waals surface area contributed by atoms with Crippen molar-refractivity contribution < 1.29 is 32.7 Å². The summed E-state index contributed by atoms with van der Waals surface area (Å²) >= 11 is 0. The molecule has 1 unspecified atom stereocenters. The summed E-state index contributed by atoms with van der Waals surface area (Å²) in [5.41, 5.74) is 0.282. The van der Waals surface area contributed by atoms with Gasteiger partial charge >= 0.3 is 5.69 Å². The number of aromatic nitrogens is 2. The SMILES string of the molecule is COc1ccc(C(OC[C@H]2O[C@@H](n3ccc(=O)n(C)c3=O)[C@H](OC)[C@@H]2OP(OCCC#N)N(C(C)C)C(C)C)(c2ccccc2)c2ccc(OC)cc2)cc1. The van der Waals surface area contributed by atoms with Crippen LogP contribution in [-0.4, -0.2) is 78.7 Å². The van der Waals surface area contributed by atoms with Gasteiger partial charge in [0.1, 0.15) is 35.4 Å². The number of hydrogen-bond donors (Lipinski definition) is 0. The van der Waals surface area contributed by atoms with E-state index in [0.717, 1.165) is 21.3 Å². The Balaban J connectivity index is 1.66. The molecule has 1 aliphatic heterocycles. The van der Waals surface area contributed by atoms with Crippen molar-refractivity contribution in [3.05, 3.63) is 129 Å². The number of benzene rings is 3. The van der Waals surface area contributed by atoms with Crippen LogP contribution >= 0.6 is 8.53 Å². The third-order valence-corrected chi connectivity index (χ3v) is 11.7. The van der Waals surface area contributed by atoms with E-state index in [-0.39, 0.29) is 31.7 Å². The number of nitriles is 1. The lowest BCUT2D eigenvalue weighted by atomic mass is 9.80. The first-order chi connectivity index (χ1) is 26.5. The molecule has 0 N–H and O–H groups in total. The highest BCUT2D eigenvalue weighted by Gasteiger charge is 2.51. The van der Waals surface area contributed by atoms with Crippen molar-refractivity contribution in [2.45, 2.75) is 76.3 Å². The molecule has 3 aromatic carbocycles. The molecule has 55 heavy (non-hydrogen) atoms. The molecular weight excluding hydrogens is 723 g/mol. The average molecular weight is 775 g/mol. The van der Waals surface area contributed by atoms with Gasteiger partial charge in [0.05, 0.1) is 39.9 Å². The maximum Gasteiger partial charge on any atom is 0.332 e. The van der Waals surface area contributed by atoms with Crippen molar-refractivity contribution in [2.24, 2.45) is 7.05 Å². The second-order valence-corrected chi connectivity index (χ2v) is 15.0. The lowest BCUT2D eigenvalue weighted by Gasteiger charge is -2.39. The maximum atomic E-state index is 13.5. The summed E-state index contributed by atoms with van der Waals surface area (Å²) in [6.45, 7) is 8.32. The molecular formula is C41H51N4O9P. The quantitative estimate of drug-likeness (QED) is 0.0655. The number of hydrogen-bond acceptors (Lipinski definition) is 11. The highest BCUT2D eigenvalue weighted by molar-refractivity contribution is 7.44. The van der Waals surface area contributed by atoms with E-state index in [1.807, 2.05) is 78.9 Å². The first kappa shape index (κ1) is 41.8. The van der Waals surface area contributed by atoms with E-state index in [4.69, 9.17) is 32.7 Å². The topological polar surface area (TPSA) is 136 Å². The highest BCUT2D eigenvalue weighted by atomic mass is 31.2. The van der Waals surface area contributed by atoms with Crippen LogP contribution in [-0.2, 0) is 35.9 Å². The molecule has 1 fully saturated rings. The Morgan fingerprint density at radius 1 is 0.836 bits per heavy atom. The highest BCUT2D eigenvalue weighted by Crippen LogP contribution is 2.51. The molecule has 0 amide bonds. The predicted molar refractivity (Wildman–Crippen MR) is 209 cm³/mol. The fourth-order valence-electron chi connectivity index (χ4n) is 6.90. The average Bonchev–Trinajstić information content (AvgIpc) is 3.54. The Bertz CT molecular complexity index is 1930. The van der Waals surface area contributed by atoms with Crippen LogP contribution in [0.5, 0.6) is 11.5 Å². The van der Waals surface area contributed by atoms with Gasteiger partial charge in [-0.25, -0.2) is 9.46 Å². The van der Waals surface area contributed by atoms with E-state index in [0.29, 0.717) is 11.5 Å². The zero-order valence-corrected chi connectivity index (χ0v) is 33.6. The summed E-state index contributed by atoms with van der Waals surface area (Å²) in [7, 11) is 4.40. The van der Waals surface area contributed by atoms with Crippen molar-refractivity contribution in [2.75, 3.05) is 34.5 Å². The molecule has 4 aromatic rings. The molecule has 0 saturated carbocycles. The minimum atomic E-state index is -1.78. The molecule has 2 heterocycles. The molecule has 0 radical (unpaired) electrons. The smallest absolute Gasteiger partial charge is 0.332 e. The Kier molecular flexibility index (Phi) is 14.4. The molecule has 0 spiro atoms. The predicted octanol–water partition coefficient (Wildman–Crippen LogP) is 6.15. The van der Waals surface area contributed by atoms with E-state index < -0.39 is 49.9 Å². The first-order valence-electron chi connectivity index (χ1n) is 18.2. The zero-order chi connectivity index (χ0) is 39.7. The molecule has 1 aromatic heterocycles. The fraction of sp³-hybridized carbons (Fsp3) is 0.439. The summed E-state index contributed by atoms with van der Waals surface area (Å²) < 4.78 is 48.9. The Hall–Kier alpha value is -4.38. The Morgan fingerprint density at radius 3 is 1.91 bits per heavy atom. The molecule has 1 aliphatic rings. The summed E-state index contributed by atoms with van der Waals surface area (Å²) in [5.74, 6) is 1.37. The third kappa shape index (κ3) is 9.03. The van der Waals surface area contributed by atoms with Crippen LogP contribution in [0.25, 0.3) is 0 Å². The Morgan fingerprint density at radius 2 is 1.40 bits per heavy atom. The molecule has 0 aliphatic carbocycles. The normalized spacial score (nSPS) is 19.2. The summed E-state index contributed by atoms with van der Waals surface area (Å²) in [5, 5.41) is 9.35. The van der Waals surface area contributed by atoms with E-state index in [9.17, 15) is 14.9 Å². The van der Waals surface area contributed by atoms with Crippen molar-refractivity contribution in [3.63, 3.8) is 0 Å². The van der Waals surface area contributed by atoms with Crippen molar-refractivity contribution in [3.8, 4) is 17.6 Å². The van der Waals surface area contributed by atoms with Crippen LogP contribution in [0.1, 0.15) is 57.0 Å². The van der Waals surface area contributed by atoms with Crippen LogP contribution in [0, 0.1) is 11.3 Å². The Labute approximate surface area is 323 Å².